The number of likely N-dealkylation sites (tertiary alicyclic amines) is 1. The smallest absolute Gasteiger partial charge is 0.253 e. The van der Waals surface area contributed by atoms with Crippen LogP contribution in [0.25, 0.3) is 0 Å². The summed E-state index contributed by atoms with van der Waals surface area (Å²) in [5, 5.41) is 7.30. The Hall–Kier alpha value is -3.65. The van der Waals surface area contributed by atoms with Gasteiger partial charge in [-0.2, -0.15) is 0 Å². The number of nitrogens with zero attached hydrogens (tertiary/aromatic N) is 3. The number of aromatic nitrogens is 1. The van der Waals surface area contributed by atoms with Crippen LogP contribution in [0.4, 0.5) is 17.1 Å². The summed E-state index contributed by atoms with van der Waals surface area (Å²) in [6.45, 7) is 12.6. The maximum absolute atomic E-state index is 13.7. The van der Waals surface area contributed by atoms with Crippen LogP contribution in [-0.2, 0) is 6.54 Å². The Labute approximate surface area is 253 Å². The van der Waals surface area contributed by atoms with Crippen LogP contribution in [0.2, 0.25) is 0 Å². The molecular weight excluding hydrogens is 542 g/mol. The molecule has 3 aromatic rings. The zero-order valence-electron chi connectivity index (χ0n) is 25.0. The second-order valence-corrected chi connectivity index (χ2v) is 13.4. The van der Waals surface area contributed by atoms with E-state index in [1.54, 1.807) is 6.07 Å². The van der Waals surface area contributed by atoms with Crippen molar-refractivity contribution in [1.82, 2.24) is 9.47 Å². The number of aryl methyl sites for hydroxylation is 2. The van der Waals surface area contributed by atoms with E-state index in [4.69, 9.17) is 12.2 Å². The summed E-state index contributed by atoms with van der Waals surface area (Å²) in [4.78, 5) is 30.7. The second kappa shape index (κ2) is 11.6. The summed E-state index contributed by atoms with van der Waals surface area (Å²) >= 11 is 5.80. The molecule has 3 aliphatic rings. The minimum atomic E-state index is 0.0694. The molecule has 2 aromatic carbocycles. The van der Waals surface area contributed by atoms with Crippen LogP contribution in [0.5, 0.6) is 0 Å². The third-order valence-corrected chi connectivity index (χ3v) is 9.15. The van der Waals surface area contributed by atoms with E-state index in [0.29, 0.717) is 28.4 Å². The molecule has 3 aliphatic heterocycles. The minimum Gasteiger partial charge on any atom is -0.369 e. The van der Waals surface area contributed by atoms with E-state index < -0.39 is 0 Å². The fourth-order valence-corrected chi connectivity index (χ4v) is 7.71. The summed E-state index contributed by atoms with van der Waals surface area (Å²) in [5.74, 6) is 1.71. The highest BCUT2D eigenvalue weighted by atomic mass is 32.1. The van der Waals surface area contributed by atoms with Crippen LogP contribution in [0.1, 0.15) is 59.8 Å². The Kier molecular flexibility index (Phi) is 7.83. The molecule has 42 heavy (non-hydrogen) atoms. The number of benzene rings is 2. The summed E-state index contributed by atoms with van der Waals surface area (Å²) in [6.07, 6.45) is 2.23. The molecular formula is C34H41N5O2S. The molecule has 4 atom stereocenters. The van der Waals surface area contributed by atoms with Gasteiger partial charge in [-0.15, -0.1) is 0 Å². The van der Waals surface area contributed by atoms with E-state index in [-0.39, 0.29) is 17.4 Å². The molecule has 0 saturated carbocycles. The standard InChI is InChI=1S/C34H41N5O2S/c1-21-10-22(2)13-28(12-21)35-34(42)36-29-15-26(33(41)38-16-23(3)11-24(4)17-38)8-9-31(29)37-18-25-14-27(20-37)30-6-5-7-32(40)39(30)19-25/h5-10,12-13,15,23-25,27H,11,14,16-20H2,1-4H3,(H2,35,36,42)/t23-,24-,25-,27+/m1/s1. The van der Waals surface area contributed by atoms with Crippen molar-refractivity contribution in [3.63, 3.8) is 0 Å². The lowest BCUT2D eigenvalue weighted by atomic mass is 9.83. The summed E-state index contributed by atoms with van der Waals surface area (Å²) in [5.41, 5.74) is 6.99. The van der Waals surface area contributed by atoms with E-state index in [9.17, 15) is 9.59 Å². The van der Waals surface area contributed by atoms with Crippen molar-refractivity contribution in [2.24, 2.45) is 17.8 Å². The van der Waals surface area contributed by atoms with Gasteiger partial charge in [0.1, 0.15) is 0 Å². The van der Waals surface area contributed by atoms with Crippen LogP contribution in [0, 0.1) is 31.6 Å². The summed E-state index contributed by atoms with van der Waals surface area (Å²) in [6, 6.07) is 17.9. The first-order valence-corrected chi connectivity index (χ1v) is 15.6. The number of hydrogen-bond acceptors (Lipinski definition) is 4. The largest absolute Gasteiger partial charge is 0.369 e. The first-order valence-electron chi connectivity index (χ1n) is 15.2. The van der Waals surface area contributed by atoms with Crippen LogP contribution in [0.15, 0.2) is 59.4 Å². The molecule has 0 unspecified atom stereocenters. The van der Waals surface area contributed by atoms with E-state index in [1.807, 2.05) is 27.7 Å². The second-order valence-electron chi connectivity index (χ2n) is 12.9. The number of carbonyl (C=O) groups is 1. The Bertz CT molecular complexity index is 1550. The fourth-order valence-electron chi connectivity index (χ4n) is 7.48. The SMILES string of the molecule is Cc1cc(C)cc(NC(=S)Nc2cc(C(=O)N3C[C@H](C)C[C@@H](C)C3)ccc2N2C[C@H]3C[C@@H](C2)c2cccc(=O)n2C3)c1. The Morgan fingerprint density at radius 2 is 1.60 bits per heavy atom. The van der Waals surface area contributed by atoms with Crippen molar-refractivity contribution in [2.75, 3.05) is 41.7 Å². The lowest BCUT2D eigenvalue weighted by molar-refractivity contribution is 0.0623. The van der Waals surface area contributed by atoms with E-state index in [1.165, 1.54) is 0 Å². The van der Waals surface area contributed by atoms with Crippen LogP contribution in [-0.4, -0.2) is 46.7 Å². The molecule has 1 amide bonds. The van der Waals surface area contributed by atoms with Gasteiger partial charge in [0.2, 0.25) is 0 Å². The highest BCUT2D eigenvalue weighted by molar-refractivity contribution is 7.80. The van der Waals surface area contributed by atoms with Crippen LogP contribution < -0.4 is 21.1 Å². The number of pyridine rings is 1. The number of anilines is 3. The number of amides is 1. The number of thiocarbonyl (C=S) groups is 1. The summed E-state index contributed by atoms with van der Waals surface area (Å²) in [7, 11) is 0. The Balaban J connectivity index is 1.31. The van der Waals surface area contributed by atoms with Crippen molar-refractivity contribution < 1.29 is 4.79 Å². The Morgan fingerprint density at radius 1 is 0.857 bits per heavy atom. The molecule has 2 bridgehead atoms. The van der Waals surface area contributed by atoms with Gasteiger partial charge >= 0.3 is 0 Å². The van der Waals surface area contributed by atoms with Crippen LogP contribution in [0.3, 0.4) is 0 Å². The Morgan fingerprint density at radius 3 is 2.33 bits per heavy atom. The van der Waals surface area contributed by atoms with Gasteiger partial charge in [0.25, 0.3) is 11.5 Å². The number of carbonyl (C=O) groups excluding carboxylic acids is 1. The average Bonchev–Trinajstić information content (AvgIpc) is 2.92. The van der Waals surface area contributed by atoms with Gasteiger partial charge in [0.05, 0.1) is 11.4 Å². The molecule has 0 spiro atoms. The minimum absolute atomic E-state index is 0.0694. The zero-order valence-corrected chi connectivity index (χ0v) is 25.8. The third-order valence-electron chi connectivity index (χ3n) is 8.95. The fraction of sp³-hybridized carbons (Fsp3) is 0.441. The third kappa shape index (κ3) is 5.95. The van der Waals surface area contributed by atoms with Gasteiger partial charge in [-0.25, -0.2) is 0 Å². The molecule has 2 saturated heterocycles. The van der Waals surface area contributed by atoms with Crippen molar-refractivity contribution in [1.29, 1.82) is 0 Å². The number of fused-ring (bicyclic) bond motifs is 4. The van der Waals surface area contributed by atoms with E-state index in [0.717, 1.165) is 79.4 Å². The highest BCUT2D eigenvalue weighted by Crippen LogP contribution is 2.39. The molecule has 7 nitrogen and oxygen atoms in total. The molecule has 4 heterocycles. The number of rotatable bonds is 4. The first kappa shape index (κ1) is 28.5. The molecule has 1 aromatic heterocycles. The lowest BCUT2D eigenvalue weighted by Gasteiger charge is -2.44. The topological polar surface area (TPSA) is 69.6 Å². The molecule has 6 rings (SSSR count). The van der Waals surface area contributed by atoms with Gasteiger partial charge in [-0.3, -0.25) is 9.59 Å². The zero-order chi connectivity index (χ0) is 29.5. The molecule has 220 valence electrons. The normalized spacial score (nSPS) is 23.2. The van der Waals surface area contributed by atoms with Crippen molar-refractivity contribution in [3.05, 3.63) is 87.3 Å². The van der Waals surface area contributed by atoms with Crippen molar-refractivity contribution in [3.8, 4) is 0 Å². The molecule has 2 fully saturated rings. The van der Waals surface area contributed by atoms with E-state index in [2.05, 4.69) is 73.6 Å². The van der Waals surface area contributed by atoms with Crippen molar-refractivity contribution >= 4 is 40.3 Å². The average molecular weight is 584 g/mol. The monoisotopic (exact) mass is 583 g/mol. The van der Waals surface area contributed by atoms with Crippen molar-refractivity contribution in [2.45, 2.75) is 53.0 Å². The molecule has 0 radical (unpaired) electrons. The van der Waals surface area contributed by atoms with Gasteiger partial charge in [0, 0.05) is 61.7 Å². The van der Waals surface area contributed by atoms with E-state index >= 15 is 0 Å². The highest BCUT2D eigenvalue weighted by Gasteiger charge is 2.35. The predicted molar refractivity (Wildman–Crippen MR) is 175 cm³/mol. The van der Waals surface area contributed by atoms with Gasteiger partial charge < -0.3 is 25.0 Å². The van der Waals surface area contributed by atoms with Crippen LogP contribution >= 0.6 is 12.2 Å². The number of nitrogens with one attached hydrogen (secondary N) is 2. The predicted octanol–water partition coefficient (Wildman–Crippen LogP) is 6.02. The quantitative estimate of drug-likeness (QED) is 0.367. The first-order chi connectivity index (χ1) is 20.1. The maximum Gasteiger partial charge on any atom is 0.253 e. The molecule has 8 heteroatoms. The summed E-state index contributed by atoms with van der Waals surface area (Å²) < 4.78 is 1.96. The maximum atomic E-state index is 13.7. The van der Waals surface area contributed by atoms with Gasteiger partial charge in [0.15, 0.2) is 5.11 Å². The van der Waals surface area contributed by atoms with Gasteiger partial charge in [-0.1, -0.05) is 26.0 Å². The number of piperidine rings is 2. The number of hydrogen-bond donors (Lipinski definition) is 2. The lowest BCUT2D eigenvalue weighted by Crippen LogP contribution is -2.47. The molecule has 2 N–H and O–H groups in total. The van der Waals surface area contributed by atoms with Gasteiger partial charge in [-0.05, 0) is 104 Å². The molecule has 0 aliphatic carbocycles.